The molecule has 0 aliphatic rings. The molecule has 1 atom stereocenters. The monoisotopic (exact) mass is 331 g/mol. The summed E-state index contributed by atoms with van der Waals surface area (Å²) in [4.78, 5) is 14.3. The zero-order chi connectivity index (χ0) is 17.7. The summed E-state index contributed by atoms with van der Waals surface area (Å²) in [6.07, 6.45) is 0. The van der Waals surface area contributed by atoms with Crippen LogP contribution in [0.2, 0.25) is 0 Å². The number of rotatable bonds is 6. The number of ether oxygens (including phenoxy) is 1. The molecule has 0 aliphatic heterocycles. The second kappa shape index (κ2) is 7.90. The molecule has 0 fully saturated rings. The number of hydrogen-bond donors (Lipinski definition) is 2. The lowest BCUT2D eigenvalue weighted by molar-refractivity contribution is 0.102. The minimum Gasteiger partial charge on any atom is -0.494 e. The van der Waals surface area contributed by atoms with Crippen LogP contribution in [0, 0.1) is 5.82 Å². The first kappa shape index (κ1) is 17.9. The molecule has 6 heteroatoms. The molecule has 2 aromatic rings. The van der Waals surface area contributed by atoms with Gasteiger partial charge in [-0.25, -0.2) is 4.39 Å². The molecule has 3 N–H and O–H groups in total. The lowest BCUT2D eigenvalue weighted by atomic mass is 10.1. The van der Waals surface area contributed by atoms with Crippen molar-refractivity contribution in [2.75, 3.05) is 33.1 Å². The number of nitrogens with two attached hydrogens (primary N) is 1. The molecule has 128 valence electrons. The average Bonchev–Trinajstić information content (AvgIpc) is 2.54. The molecule has 0 spiro atoms. The number of anilines is 1. The van der Waals surface area contributed by atoms with Crippen molar-refractivity contribution in [3.8, 4) is 5.75 Å². The second-order valence-corrected chi connectivity index (χ2v) is 5.80. The van der Waals surface area contributed by atoms with Crippen molar-refractivity contribution in [2.24, 2.45) is 5.73 Å². The van der Waals surface area contributed by atoms with Crippen molar-refractivity contribution in [2.45, 2.75) is 6.04 Å². The highest BCUT2D eigenvalue weighted by Crippen LogP contribution is 2.20. The molecule has 0 saturated carbocycles. The number of hydrogen-bond acceptors (Lipinski definition) is 4. The highest BCUT2D eigenvalue weighted by molar-refractivity contribution is 6.04. The number of likely N-dealkylation sites (N-methyl/N-ethyl adjacent to an activating group) is 1. The highest BCUT2D eigenvalue weighted by Gasteiger charge is 2.12. The third kappa shape index (κ3) is 4.53. The Kier molecular flexibility index (Phi) is 5.89. The zero-order valence-electron chi connectivity index (χ0n) is 14.0. The van der Waals surface area contributed by atoms with E-state index in [0.717, 1.165) is 11.6 Å². The lowest BCUT2D eigenvalue weighted by Gasteiger charge is -2.18. The van der Waals surface area contributed by atoms with Gasteiger partial charge < -0.3 is 20.7 Å². The molecule has 0 radical (unpaired) electrons. The average molecular weight is 331 g/mol. The van der Waals surface area contributed by atoms with E-state index >= 15 is 0 Å². The molecule has 1 unspecified atom stereocenters. The summed E-state index contributed by atoms with van der Waals surface area (Å²) in [5, 5.41) is 2.76. The Bertz CT molecular complexity index is 719. The van der Waals surface area contributed by atoms with E-state index in [2.05, 4.69) is 5.32 Å². The van der Waals surface area contributed by atoms with Gasteiger partial charge in [0, 0.05) is 23.8 Å². The zero-order valence-corrected chi connectivity index (χ0v) is 14.0. The summed E-state index contributed by atoms with van der Waals surface area (Å²) < 4.78 is 18.6. The van der Waals surface area contributed by atoms with E-state index in [0.29, 0.717) is 12.2 Å². The summed E-state index contributed by atoms with van der Waals surface area (Å²) >= 11 is 0. The van der Waals surface area contributed by atoms with Crippen molar-refractivity contribution in [1.82, 2.24) is 4.90 Å². The van der Waals surface area contributed by atoms with Crippen LogP contribution in [0.25, 0.3) is 0 Å². The van der Waals surface area contributed by atoms with Crippen LogP contribution in [0.5, 0.6) is 5.75 Å². The number of methoxy groups -OCH3 is 1. The SMILES string of the molecule is COc1ccc(C(=O)Nc2cccc(C(N)CN(C)C)c2)cc1F. The van der Waals surface area contributed by atoms with Gasteiger partial charge in [-0.15, -0.1) is 0 Å². The smallest absolute Gasteiger partial charge is 0.255 e. The summed E-state index contributed by atoms with van der Waals surface area (Å²) in [5.74, 6) is -0.870. The quantitative estimate of drug-likeness (QED) is 0.854. The number of carbonyl (C=O) groups is 1. The Hall–Kier alpha value is -2.44. The molecular weight excluding hydrogens is 309 g/mol. The maximum atomic E-state index is 13.7. The minimum absolute atomic E-state index is 0.100. The normalized spacial score (nSPS) is 12.1. The number of nitrogens with one attached hydrogen (secondary N) is 1. The van der Waals surface area contributed by atoms with Gasteiger partial charge in [0.25, 0.3) is 5.91 Å². The van der Waals surface area contributed by atoms with Crippen LogP contribution in [-0.2, 0) is 0 Å². The summed E-state index contributed by atoms with van der Waals surface area (Å²) in [5.41, 5.74) is 7.89. The van der Waals surface area contributed by atoms with Crippen LogP contribution in [0.1, 0.15) is 22.0 Å². The topological polar surface area (TPSA) is 67.6 Å². The van der Waals surface area contributed by atoms with E-state index in [9.17, 15) is 9.18 Å². The maximum absolute atomic E-state index is 13.7. The van der Waals surface area contributed by atoms with Crippen LogP contribution in [0.15, 0.2) is 42.5 Å². The second-order valence-electron chi connectivity index (χ2n) is 5.80. The highest BCUT2D eigenvalue weighted by atomic mass is 19.1. The van der Waals surface area contributed by atoms with E-state index in [1.807, 2.05) is 37.2 Å². The van der Waals surface area contributed by atoms with Gasteiger partial charge in [0.1, 0.15) is 0 Å². The molecule has 0 aliphatic carbocycles. The maximum Gasteiger partial charge on any atom is 0.255 e. The van der Waals surface area contributed by atoms with Crippen LogP contribution in [-0.4, -0.2) is 38.6 Å². The Balaban J connectivity index is 2.13. The van der Waals surface area contributed by atoms with Gasteiger partial charge in [-0.1, -0.05) is 12.1 Å². The molecule has 0 saturated heterocycles. The first-order chi connectivity index (χ1) is 11.4. The summed E-state index contributed by atoms with van der Waals surface area (Å²) in [6, 6.07) is 11.3. The van der Waals surface area contributed by atoms with Crippen LogP contribution in [0.3, 0.4) is 0 Å². The van der Waals surface area contributed by atoms with E-state index in [4.69, 9.17) is 10.5 Å². The van der Waals surface area contributed by atoms with Crippen molar-refractivity contribution < 1.29 is 13.9 Å². The first-order valence-electron chi connectivity index (χ1n) is 7.56. The van der Waals surface area contributed by atoms with E-state index in [-0.39, 0.29) is 17.4 Å². The van der Waals surface area contributed by atoms with Gasteiger partial charge in [0.15, 0.2) is 11.6 Å². The predicted molar refractivity (Wildman–Crippen MR) is 92.8 cm³/mol. The van der Waals surface area contributed by atoms with Gasteiger partial charge in [-0.2, -0.15) is 0 Å². The van der Waals surface area contributed by atoms with Crippen molar-refractivity contribution in [1.29, 1.82) is 0 Å². The fourth-order valence-corrected chi connectivity index (χ4v) is 2.36. The van der Waals surface area contributed by atoms with Gasteiger partial charge >= 0.3 is 0 Å². The van der Waals surface area contributed by atoms with Crippen LogP contribution >= 0.6 is 0 Å². The summed E-state index contributed by atoms with van der Waals surface area (Å²) in [6.45, 7) is 0.696. The predicted octanol–water partition coefficient (Wildman–Crippen LogP) is 2.65. The van der Waals surface area contributed by atoms with Crippen molar-refractivity contribution >= 4 is 11.6 Å². The first-order valence-corrected chi connectivity index (χ1v) is 7.56. The number of carbonyl (C=O) groups excluding carboxylic acids is 1. The number of amides is 1. The Labute approximate surface area is 141 Å². The minimum atomic E-state index is -0.577. The molecule has 24 heavy (non-hydrogen) atoms. The van der Waals surface area contributed by atoms with Crippen molar-refractivity contribution in [3.05, 3.63) is 59.4 Å². The third-order valence-electron chi connectivity index (χ3n) is 3.55. The number of nitrogens with zero attached hydrogens (tertiary/aromatic N) is 1. The molecule has 2 aromatic carbocycles. The van der Waals surface area contributed by atoms with Gasteiger partial charge in [-0.3, -0.25) is 4.79 Å². The largest absolute Gasteiger partial charge is 0.494 e. The van der Waals surface area contributed by atoms with Crippen molar-refractivity contribution in [3.63, 3.8) is 0 Å². The fraction of sp³-hybridized carbons (Fsp3) is 0.278. The Morgan fingerprint density at radius 3 is 2.67 bits per heavy atom. The molecular formula is C18H22FN3O2. The third-order valence-corrected chi connectivity index (χ3v) is 3.55. The number of halogens is 1. The molecule has 2 rings (SSSR count). The fourth-order valence-electron chi connectivity index (χ4n) is 2.36. The number of benzene rings is 2. The van der Waals surface area contributed by atoms with E-state index in [1.165, 1.54) is 19.2 Å². The Morgan fingerprint density at radius 1 is 1.29 bits per heavy atom. The molecule has 5 nitrogen and oxygen atoms in total. The molecule has 0 heterocycles. The van der Waals surface area contributed by atoms with Gasteiger partial charge in [0.05, 0.1) is 7.11 Å². The van der Waals surface area contributed by atoms with E-state index in [1.54, 1.807) is 6.07 Å². The molecule has 1 amide bonds. The van der Waals surface area contributed by atoms with E-state index < -0.39 is 11.7 Å². The lowest BCUT2D eigenvalue weighted by Crippen LogP contribution is -2.26. The van der Waals surface area contributed by atoms with Gasteiger partial charge in [-0.05, 0) is 50.0 Å². The Morgan fingerprint density at radius 2 is 2.04 bits per heavy atom. The standard InChI is InChI=1S/C18H22FN3O2/c1-22(2)11-16(20)12-5-4-6-14(9-12)21-18(23)13-7-8-17(24-3)15(19)10-13/h4-10,16H,11,20H2,1-3H3,(H,21,23). The van der Waals surface area contributed by atoms with Crippen LogP contribution < -0.4 is 15.8 Å². The molecule has 0 bridgehead atoms. The van der Waals surface area contributed by atoms with Gasteiger partial charge in [0.2, 0.25) is 0 Å². The summed E-state index contributed by atoms with van der Waals surface area (Å²) in [7, 11) is 5.27. The molecule has 0 aromatic heterocycles. The van der Waals surface area contributed by atoms with Crippen LogP contribution in [0.4, 0.5) is 10.1 Å².